The Bertz CT molecular complexity index is 513. The van der Waals surface area contributed by atoms with Crippen LogP contribution in [-0.4, -0.2) is 21.3 Å². The van der Waals surface area contributed by atoms with Crippen LogP contribution >= 0.6 is 11.6 Å². The average Bonchev–Trinajstić information content (AvgIpc) is 2.16. The van der Waals surface area contributed by atoms with Gasteiger partial charge in [0.25, 0.3) is 0 Å². The molecule has 4 nitrogen and oxygen atoms in total. The third-order valence-electron chi connectivity index (χ3n) is 1.83. The molecule has 2 aromatic rings. The van der Waals surface area contributed by atoms with Crippen LogP contribution in [0.2, 0.25) is 5.02 Å². The first-order valence-electron chi connectivity index (χ1n) is 3.83. The molecule has 0 aliphatic carbocycles. The predicted octanol–water partition coefficient (Wildman–Crippen LogP) is 1.98. The zero-order chi connectivity index (χ0) is 10.1. The zero-order valence-electron chi connectivity index (χ0n) is 6.94. The van der Waals surface area contributed by atoms with Crippen molar-refractivity contribution in [1.29, 1.82) is 0 Å². The van der Waals surface area contributed by atoms with Crippen LogP contribution in [-0.2, 0) is 0 Å². The number of aromatic carboxylic acids is 1. The second-order valence-corrected chi connectivity index (χ2v) is 3.16. The summed E-state index contributed by atoms with van der Waals surface area (Å²) in [5, 5.41) is 17.2. The van der Waals surface area contributed by atoms with Crippen molar-refractivity contribution in [2.75, 3.05) is 0 Å². The van der Waals surface area contributed by atoms with Crippen LogP contribution in [0.3, 0.4) is 0 Å². The van der Waals surface area contributed by atoms with Gasteiger partial charge in [0.15, 0.2) is 0 Å². The van der Waals surface area contributed by atoms with E-state index in [1.165, 1.54) is 6.20 Å². The summed E-state index contributed by atoms with van der Waals surface area (Å²) in [5.74, 6) is -1.04. The fraction of sp³-hybridized carbons (Fsp3) is 0. The van der Waals surface area contributed by atoms with E-state index in [0.29, 0.717) is 15.9 Å². The van der Waals surface area contributed by atoms with Crippen LogP contribution in [0.4, 0.5) is 0 Å². The quantitative estimate of drug-likeness (QED) is 0.779. The van der Waals surface area contributed by atoms with Crippen LogP contribution in [0, 0.1) is 0 Å². The van der Waals surface area contributed by atoms with Crippen molar-refractivity contribution >= 4 is 28.5 Å². The van der Waals surface area contributed by atoms with Crippen molar-refractivity contribution in [3.63, 3.8) is 0 Å². The van der Waals surface area contributed by atoms with Gasteiger partial charge < -0.3 is 5.11 Å². The Labute approximate surface area is 84.1 Å². The van der Waals surface area contributed by atoms with Gasteiger partial charge in [0.1, 0.15) is 0 Å². The summed E-state index contributed by atoms with van der Waals surface area (Å²) in [6, 6.07) is 4.84. The molecule has 0 radical (unpaired) electrons. The SMILES string of the molecule is O=C(O)c1cnnc2ccc(Cl)cc12. The van der Waals surface area contributed by atoms with Crippen LogP contribution in [0.25, 0.3) is 10.9 Å². The second kappa shape index (κ2) is 3.23. The van der Waals surface area contributed by atoms with Gasteiger partial charge in [-0.3, -0.25) is 0 Å². The first-order valence-corrected chi connectivity index (χ1v) is 4.20. The Kier molecular flexibility index (Phi) is 2.05. The number of nitrogens with zero attached hydrogens (tertiary/aromatic N) is 2. The molecule has 1 aromatic carbocycles. The second-order valence-electron chi connectivity index (χ2n) is 2.72. The molecule has 0 spiro atoms. The number of hydrogen-bond donors (Lipinski definition) is 1. The van der Waals surface area contributed by atoms with Gasteiger partial charge in [0.05, 0.1) is 17.3 Å². The van der Waals surface area contributed by atoms with E-state index in [0.717, 1.165) is 0 Å². The summed E-state index contributed by atoms with van der Waals surface area (Å²) in [6.45, 7) is 0. The standard InChI is InChI=1S/C9H5ClN2O2/c10-5-1-2-8-6(3-5)7(9(13)14)4-11-12-8/h1-4H,(H,13,14). The lowest BCUT2D eigenvalue weighted by atomic mass is 10.1. The van der Waals surface area contributed by atoms with Crippen LogP contribution in [0.15, 0.2) is 24.4 Å². The molecule has 0 fully saturated rings. The number of fused-ring (bicyclic) bond motifs is 1. The molecule has 1 heterocycles. The summed E-state index contributed by atoms with van der Waals surface area (Å²) < 4.78 is 0. The molecule has 0 saturated heterocycles. The van der Waals surface area contributed by atoms with Crippen molar-refractivity contribution in [1.82, 2.24) is 10.2 Å². The predicted molar refractivity (Wildman–Crippen MR) is 51.5 cm³/mol. The van der Waals surface area contributed by atoms with Gasteiger partial charge in [-0.05, 0) is 18.2 Å². The third-order valence-corrected chi connectivity index (χ3v) is 2.07. The Morgan fingerprint density at radius 2 is 2.21 bits per heavy atom. The van der Waals surface area contributed by atoms with Gasteiger partial charge >= 0.3 is 5.97 Å². The molecule has 1 N–H and O–H groups in total. The molecule has 0 atom stereocenters. The summed E-state index contributed by atoms with van der Waals surface area (Å²) in [6.07, 6.45) is 1.21. The number of carboxylic acid groups (broad SMARTS) is 1. The molecular formula is C9H5ClN2O2. The van der Waals surface area contributed by atoms with Crippen LogP contribution in [0.5, 0.6) is 0 Å². The first kappa shape index (κ1) is 8.90. The Balaban J connectivity index is 2.84. The minimum Gasteiger partial charge on any atom is -0.478 e. The fourth-order valence-electron chi connectivity index (χ4n) is 1.20. The lowest BCUT2D eigenvalue weighted by Crippen LogP contribution is -1.99. The maximum atomic E-state index is 10.8. The molecule has 0 amide bonds. The van der Waals surface area contributed by atoms with Crippen molar-refractivity contribution in [2.45, 2.75) is 0 Å². The monoisotopic (exact) mass is 208 g/mol. The van der Waals surface area contributed by atoms with Crippen LogP contribution < -0.4 is 0 Å². The number of carboxylic acids is 1. The number of rotatable bonds is 1. The number of carbonyl (C=O) groups is 1. The first-order chi connectivity index (χ1) is 6.68. The van der Waals surface area contributed by atoms with E-state index < -0.39 is 5.97 Å². The van der Waals surface area contributed by atoms with Gasteiger partial charge in [0.2, 0.25) is 0 Å². The van der Waals surface area contributed by atoms with E-state index in [4.69, 9.17) is 16.7 Å². The van der Waals surface area contributed by atoms with Crippen molar-refractivity contribution in [2.24, 2.45) is 0 Å². The highest BCUT2D eigenvalue weighted by molar-refractivity contribution is 6.31. The molecule has 5 heteroatoms. The molecule has 0 bridgehead atoms. The van der Waals surface area contributed by atoms with E-state index in [9.17, 15) is 4.79 Å². The summed E-state index contributed by atoms with van der Waals surface area (Å²) >= 11 is 5.75. The number of aromatic nitrogens is 2. The number of halogens is 1. The smallest absolute Gasteiger partial charge is 0.338 e. The minimum absolute atomic E-state index is 0.109. The van der Waals surface area contributed by atoms with Gasteiger partial charge in [0, 0.05) is 10.4 Å². The molecule has 2 rings (SSSR count). The fourth-order valence-corrected chi connectivity index (χ4v) is 1.37. The topological polar surface area (TPSA) is 63.1 Å². The third kappa shape index (κ3) is 1.40. The number of hydrogen-bond acceptors (Lipinski definition) is 3. The summed E-state index contributed by atoms with van der Waals surface area (Å²) in [7, 11) is 0. The van der Waals surface area contributed by atoms with Crippen molar-refractivity contribution < 1.29 is 9.90 Å². The maximum Gasteiger partial charge on any atom is 0.338 e. The summed E-state index contributed by atoms with van der Waals surface area (Å²) in [4.78, 5) is 10.8. The lowest BCUT2D eigenvalue weighted by Gasteiger charge is -2.00. The van der Waals surface area contributed by atoms with Gasteiger partial charge in [-0.1, -0.05) is 11.6 Å². The van der Waals surface area contributed by atoms with E-state index in [1.54, 1.807) is 18.2 Å². The summed E-state index contributed by atoms with van der Waals surface area (Å²) in [5.41, 5.74) is 0.631. The van der Waals surface area contributed by atoms with E-state index in [2.05, 4.69) is 10.2 Å². The molecule has 1 aromatic heterocycles. The zero-order valence-corrected chi connectivity index (χ0v) is 7.69. The van der Waals surface area contributed by atoms with E-state index in [-0.39, 0.29) is 5.56 Å². The highest BCUT2D eigenvalue weighted by atomic mass is 35.5. The lowest BCUT2D eigenvalue weighted by molar-refractivity contribution is 0.0698. The minimum atomic E-state index is -1.04. The molecule has 0 aliphatic rings. The van der Waals surface area contributed by atoms with Gasteiger partial charge in [-0.15, -0.1) is 0 Å². The molecular weight excluding hydrogens is 204 g/mol. The van der Waals surface area contributed by atoms with Crippen LogP contribution in [0.1, 0.15) is 10.4 Å². The maximum absolute atomic E-state index is 10.8. The highest BCUT2D eigenvalue weighted by Gasteiger charge is 2.09. The largest absolute Gasteiger partial charge is 0.478 e. The Hall–Kier alpha value is -1.68. The van der Waals surface area contributed by atoms with E-state index in [1.807, 2.05) is 0 Å². The normalized spacial score (nSPS) is 10.4. The Morgan fingerprint density at radius 1 is 1.43 bits per heavy atom. The van der Waals surface area contributed by atoms with Gasteiger partial charge in [-0.2, -0.15) is 10.2 Å². The molecule has 14 heavy (non-hydrogen) atoms. The Morgan fingerprint density at radius 3 is 2.93 bits per heavy atom. The molecule has 0 aliphatic heterocycles. The molecule has 0 saturated carbocycles. The molecule has 0 unspecified atom stereocenters. The van der Waals surface area contributed by atoms with Crippen molar-refractivity contribution in [3.05, 3.63) is 35.0 Å². The highest BCUT2D eigenvalue weighted by Crippen LogP contribution is 2.20. The van der Waals surface area contributed by atoms with Crippen molar-refractivity contribution in [3.8, 4) is 0 Å². The van der Waals surface area contributed by atoms with E-state index >= 15 is 0 Å². The van der Waals surface area contributed by atoms with Gasteiger partial charge in [-0.25, -0.2) is 4.79 Å². The molecule has 70 valence electrons. The number of benzene rings is 1. The average molecular weight is 209 g/mol.